The van der Waals surface area contributed by atoms with Gasteiger partial charge in [-0.25, -0.2) is 0 Å². The van der Waals surface area contributed by atoms with E-state index in [0.29, 0.717) is 10.9 Å². The van der Waals surface area contributed by atoms with Crippen LogP contribution in [0.5, 0.6) is 0 Å². The fourth-order valence-corrected chi connectivity index (χ4v) is 3.11. The first kappa shape index (κ1) is 15.6. The van der Waals surface area contributed by atoms with Crippen molar-refractivity contribution in [1.29, 1.82) is 0 Å². The summed E-state index contributed by atoms with van der Waals surface area (Å²) >= 11 is 12.2. The summed E-state index contributed by atoms with van der Waals surface area (Å²) in [7, 11) is 0. The Morgan fingerprint density at radius 3 is 2.85 bits per heavy atom. The zero-order chi connectivity index (χ0) is 14.5. The number of benzene rings is 1. The molecule has 1 aromatic rings. The van der Waals surface area contributed by atoms with E-state index in [1.807, 2.05) is 12.1 Å². The summed E-state index contributed by atoms with van der Waals surface area (Å²) in [4.78, 5) is 13.1. The second kappa shape index (κ2) is 7.30. The van der Waals surface area contributed by atoms with Crippen LogP contribution in [0, 0.1) is 5.92 Å². The van der Waals surface area contributed by atoms with Gasteiger partial charge in [0.1, 0.15) is 0 Å². The predicted molar refractivity (Wildman–Crippen MR) is 81.3 cm³/mol. The summed E-state index contributed by atoms with van der Waals surface area (Å²) < 4.78 is 0. The molecule has 5 heteroatoms. The molecule has 1 aliphatic heterocycles. The summed E-state index contributed by atoms with van der Waals surface area (Å²) in [6, 6.07) is 5.52. The van der Waals surface area contributed by atoms with Crippen molar-refractivity contribution in [2.75, 3.05) is 13.1 Å². The van der Waals surface area contributed by atoms with Gasteiger partial charge in [-0.2, -0.15) is 0 Å². The number of carbonyl (C=O) groups is 1. The van der Waals surface area contributed by atoms with Crippen molar-refractivity contribution in [3.63, 3.8) is 0 Å². The van der Waals surface area contributed by atoms with Crippen LogP contribution in [0.25, 0.3) is 0 Å². The molecule has 3 nitrogen and oxygen atoms in total. The van der Waals surface area contributed by atoms with Gasteiger partial charge in [0.25, 0.3) is 0 Å². The molecule has 1 atom stereocenters. The highest BCUT2D eigenvalue weighted by molar-refractivity contribution is 6.33. The first-order valence-corrected chi connectivity index (χ1v) is 7.68. The van der Waals surface area contributed by atoms with Crippen LogP contribution in [-0.4, -0.2) is 29.1 Å². The molecule has 0 aliphatic carbocycles. The number of carboxylic acid groups (broad SMARTS) is 1. The fourth-order valence-electron chi connectivity index (χ4n) is 2.74. The number of nitrogens with zero attached hydrogens (tertiary/aromatic N) is 1. The molecule has 1 saturated heterocycles. The normalized spacial score (nSPS) is 20.6. The largest absolute Gasteiger partial charge is 0.481 e. The number of aliphatic carboxylic acids is 1. The quantitative estimate of drug-likeness (QED) is 0.910. The van der Waals surface area contributed by atoms with E-state index in [4.69, 9.17) is 28.3 Å². The summed E-state index contributed by atoms with van der Waals surface area (Å²) in [6.45, 7) is 2.68. The second-order valence-electron chi connectivity index (χ2n) is 5.41. The predicted octanol–water partition coefficient (Wildman–Crippen LogP) is 4.07. The maximum absolute atomic E-state index is 10.8. The Bertz CT molecular complexity index is 479. The maximum Gasteiger partial charge on any atom is 0.303 e. The fraction of sp³-hybridized carbons (Fsp3) is 0.533. The second-order valence-corrected chi connectivity index (χ2v) is 6.25. The van der Waals surface area contributed by atoms with Crippen molar-refractivity contribution in [3.05, 3.63) is 33.8 Å². The maximum atomic E-state index is 10.8. The lowest BCUT2D eigenvalue weighted by molar-refractivity contribution is -0.138. The topological polar surface area (TPSA) is 40.5 Å². The summed E-state index contributed by atoms with van der Waals surface area (Å²) in [5.74, 6) is -0.395. The molecule has 110 valence electrons. The van der Waals surface area contributed by atoms with Crippen LogP contribution >= 0.6 is 23.2 Å². The van der Waals surface area contributed by atoms with Gasteiger partial charge in [-0.3, -0.25) is 9.69 Å². The Balaban J connectivity index is 1.94. The molecule has 1 aliphatic rings. The average Bonchev–Trinajstić information content (AvgIpc) is 2.59. The minimum absolute atomic E-state index is 0.283. The van der Waals surface area contributed by atoms with Crippen molar-refractivity contribution >= 4 is 29.2 Å². The van der Waals surface area contributed by atoms with Crippen LogP contribution in [0.2, 0.25) is 10.0 Å². The standard InChI is InChI=1S/C15H19Cl2NO2/c16-13-3-4-14(17)12(9-13)10-18-6-1-2-11(5-7-18)8-15(19)20/h3-4,9,11H,1-2,5-8,10H2,(H,19,20)/t11-/m0/s1. The Morgan fingerprint density at radius 2 is 2.10 bits per heavy atom. The van der Waals surface area contributed by atoms with E-state index in [9.17, 15) is 4.79 Å². The molecule has 1 fully saturated rings. The van der Waals surface area contributed by atoms with E-state index in [1.54, 1.807) is 6.07 Å². The van der Waals surface area contributed by atoms with E-state index >= 15 is 0 Å². The van der Waals surface area contributed by atoms with Crippen LogP contribution in [0.3, 0.4) is 0 Å². The summed E-state index contributed by atoms with van der Waals surface area (Å²) in [5, 5.41) is 10.3. The molecular weight excluding hydrogens is 297 g/mol. The highest BCUT2D eigenvalue weighted by Crippen LogP contribution is 2.25. The molecule has 0 bridgehead atoms. The Hall–Kier alpha value is -0.770. The lowest BCUT2D eigenvalue weighted by atomic mass is 9.97. The van der Waals surface area contributed by atoms with Gasteiger partial charge in [0.15, 0.2) is 0 Å². The Morgan fingerprint density at radius 1 is 1.30 bits per heavy atom. The number of hydrogen-bond donors (Lipinski definition) is 1. The number of likely N-dealkylation sites (tertiary alicyclic amines) is 1. The third-order valence-corrected chi connectivity index (χ3v) is 4.41. The van der Waals surface area contributed by atoms with Crippen LogP contribution in [0.4, 0.5) is 0 Å². The summed E-state index contributed by atoms with van der Waals surface area (Å²) in [6.07, 6.45) is 3.25. The van der Waals surface area contributed by atoms with Gasteiger partial charge in [0, 0.05) is 23.0 Å². The SMILES string of the molecule is O=C(O)C[C@H]1CCCN(Cc2cc(Cl)ccc2Cl)CC1. The third kappa shape index (κ3) is 4.65. The lowest BCUT2D eigenvalue weighted by Gasteiger charge is -2.21. The van der Waals surface area contributed by atoms with Gasteiger partial charge in [0.05, 0.1) is 0 Å². The first-order valence-electron chi connectivity index (χ1n) is 6.92. The molecule has 2 rings (SSSR count). The monoisotopic (exact) mass is 315 g/mol. The van der Waals surface area contributed by atoms with Gasteiger partial charge >= 0.3 is 5.97 Å². The van der Waals surface area contributed by atoms with E-state index < -0.39 is 5.97 Å². The Kier molecular flexibility index (Phi) is 5.70. The molecule has 0 amide bonds. The number of halogens is 2. The van der Waals surface area contributed by atoms with E-state index in [-0.39, 0.29) is 6.42 Å². The van der Waals surface area contributed by atoms with Crippen molar-refractivity contribution < 1.29 is 9.90 Å². The molecule has 0 unspecified atom stereocenters. The van der Waals surface area contributed by atoms with Crippen LogP contribution in [0.15, 0.2) is 18.2 Å². The van der Waals surface area contributed by atoms with Gasteiger partial charge in [-0.15, -0.1) is 0 Å². The first-order chi connectivity index (χ1) is 9.54. The van der Waals surface area contributed by atoms with E-state index in [1.165, 1.54) is 0 Å². The molecule has 1 N–H and O–H groups in total. The molecule has 1 aromatic carbocycles. The minimum atomic E-state index is -0.693. The van der Waals surface area contributed by atoms with Gasteiger partial charge < -0.3 is 5.11 Å². The van der Waals surface area contributed by atoms with Gasteiger partial charge in [-0.05, 0) is 62.0 Å². The number of hydrogen-bond acceptors (Lipinski definition) is 2. The van der Waals surface area contributed by atoms with Crippen LogP contribution in [-0.2, 0) is 11.3 Å². The zero-order valence-corrected chi connectivity index (χ0v) is 12.8. The molecule has 1 heterocycles. The zero-order valence-electron chi connectivity index (χ0n) is 11.3. The van der Waals surface area contributed by atoms with Crippen molar-refractivity contribution in [2.45, 2.75) is 32.2 Å². The van der Waals surface area contributed by atoms with Crippen molar-refractivity contribution in [2.24, 2.45) is 5.92 Å². The van der Waals surface area contributed by atoms with Crippen LogP contribution < -0.4 is 0 Å². The minimum Gasteiger partial charge on any atom is -0.481 e. The third-order valence-electron chi connectivity index (χ3n) is 3.81. The molecule has 0 saturated carbocycles. The van der Waals surface area contributed by atoms with Gasteiger partial charge in [0.2, 0.25) is 0 Å². The molecule has 0 spiro atoms. The summed E-state index contributed by atoms with van der Waals surface area (Å²) in [5.41, 5.74) is 1.04. The van der Waals surface area contributed by atoms with Gasteiger partial charge in [-0.1, -0.05) is 23.2 Å². The van der Waals surface area contributed by atoms with E-state index in [0.717, 1.165) is 49.5 Å². The molecule has 20 heavy (non-hydrogen) atoms. The average molecular weight is 316 g/mol. The number of rotatable bonds is 4. The molecule has 0 aromatic heterocycles. The molecular formula is C15H19Cl2NO2. The van der Waals surface area contributed by atoms with Crippen LogP contribution in [0.1, 0.15) is 31.2 Å². The number of carboxylic acids is 1. The smallest absolute Gasteiger partial charge is 0.303 e. The van der Waals surface area contributed by atoms with Crippen molar-refractivity contribution in [3.8, 4) is 0 Å². The van der Waals surface area contributed by atoms with Crippen molar-refractivity contribution in [1.82, 2.24) is 4.90 Å². The Labute approximate surface area is 129 Å². The van der Waals surface area contributed by atoms with E-state index in [2.05, 4.69) is 4.90 Å². The highest BCUT2D eigenvalue weighted by Gasteiger charge is 2.19. The highest BCUT2D eigenvalue weighted by atomic mass is 35.5. The molecule has 0 radical (unpaired) electrons. The lowest BCUT2D eigenvalue weighted by Crippen LogP contribution is -2.24.